The quantitative estimate of drug-likeness (QED) is 0.838. The fourth-order valence-corrected chi connectivity index (χ4v) is 1.72. The predicted octanol–water partition coefficient (Wildman–Crippen LogP) is 3.01. The minimum atomic E-state index is -0.300. The third-order valence-corrected chi connectivity index (χ3v) is 2.78. The third-order valence-electron chi connectivity index (χ3n) is 2.58. The highest BCUT2D eigenvalue weighted by Gasteiger charge is 2.14. The van der Waals surface area contributed by atoms with Crippen LogP contribution in [-0.2, 0) is 0 Å². The first-order valence-electron chi connectivity index (χ1n) is 5.48. The van der Waals surface area contributed by atoms with Crippen molar-refractivity contribution in [3.63, 3.8) is 0 Å². The second-order valence-electron chi connectivity index (χ2n) is 3.97. The summed E-state index contributed by atoms with van der Waals surface area (Å²) in [7, 11) is 0. The third kappa shape index (κ3) is 2.84. The van der Waals surface area contributed by atoms with Gasteiger partial charge >= 0.3 is 0 Å². The molecule has 0 fully saturated rings. The average molecular weight is 265 g/mol. The second-order valence-corrected chi connectivity index (χ2v) is 4.34. The standard InChI is InChI=1S/C13H13ClN2O2/c1-8(9-2-4-10(15)5-3-9)16-13(17)11-6-7-12(14)18-11/h2-8H,15H2,1H3,(H,16,17). The van der Waals surface area contributed by atoms with E-state index in [0.29, 0.717) is 5.69 Å². The van der Waals surface area contributed by atoms with Crippen molar-refractivity contribution in [1.82, 2.24) is 5.32 Å². The summed E-state index contributed by atoms with van der Waals surface area (Å²) in [5, 5.41) is 3.01. The SMILES string of the molecule is CC(NC(=O)c1ccc(Cl)o1)c1ccc(N)cc1. The van der Waals surface area contributed by atoms with Crippen LogP contribution in [0, 0.1) is 0 Å². The molecule has 0 aliphatic heterocycles. The summed E-state index contributed by atoms with van der Waals surface area (Å²) in [5.74, 6) is -0.103. The molecule has 1 heterocycles. The highest BCUT2D eigenvalue weighted by atomic mass is 35.5. The molecule has 4 nitrogen and oxygen atoms in total. The number of hydrogen-bond donors (Lipinski definition) is 2. The number of carbonyl (C=O) groups excluding carboxylic acids is 1. The summed E-state index contributed by atoms with van der Waals surface area (Å²) in [6, 6.07) is 10.3. The van der Waals surface area contributed by atoms with E-state index in [2.05, 4.69) is 5.32 Å². The van der Waals surface area contributed by atoms with Gasteiger partial charge in [0.25, 0.3) is 5.91 Å². The number of hydrogen-bond acceptors (Lipinski definition) is 3. The molecule has 18 heavy (non-hydrogen) atoms. The van der Waals surface area contributed by atoms with Crippen LogP contribution in [0.3, 0.4) is 0 Å². The Morgan fingerprint density at radius 1 is 1.28 bits per heavy atom. The van der Waals surface area contributed by atoms with Gasteiger partial charge in [-0.15, -0.1) is 0 Å². The maximum atomic E-state index is 11.8. The first kappa shape index (κ1) is 12.5. The van der Waals surface area contributed by atoms with Crippen LogP contribution in [0.25, 0.3) is 0 Å². The van der Waals surface area contributed by atoms with Crippen LogP contribution >= 0.6 is 11.6 Å². The van der Waals surface area contributed by atoms with Crippen molar-refractivity contribution in [2.75, 3.05) is 5.73 Å². The average Bonchev–Trinajstić information content (AvgIpc) is 2.76. The molecule has 0 aliphatic carbocycles. The molecule has 2 aromatic rings. The fraction of sp³-hybridized carbons (Fsp3) is 0.154. The molecule has 5 heteroatoms. The summed E-state index contributed by atoms with van der Waals surface area (Å²) < 4.78 is 5.03. The molecule has 94 valence electrons. The minimum Gasteiger partial charge on any atom is -0.440 e. The first-order valence-corrected chi connectivity index (χ1v) is 5.85. The van der Waals surface area contributed by atoms with Crippen molar-refractivity contribution >= 4 is 23.2 Å². The van der Waals surface area contributed by atoms with Gasteiger partial charge in [-0.2, -0.15) is 0 Å². The lowest BCUT2D eigenvalue weighted by molar-refractivity contribution is 0.0912. The van der Waals surface area contributed by atoms with Gasteiger partial charge in [0.2, 0.25) is 0 Å². The van der Waals surface area contributed by atoms with Gasteiger partial charge in [-0.3, -0.25) is 4.79 Å². The zero-order valence-corrected chi connectivity index (χ0v) is 10.6. The zero-order valence-electron chi connectivity index (χ0n) is 9.81. The zero-order chi connectivity index (χ0) is 13.1. The van der Waals surface area contributed by atoms with Gasteiger partial charge in [-0.1, -0.05) is 12.1 Å². The van der Waals surface area contributed by atoms with Crippen LogP contribution in [-0.4, -0.2) is 5.91 Å². The minimum absolute atomic E-state index is 0.137. The molecule has 2 rings (SSSR count). The van der Waals surface area contributed by atoms with E-state index in [1.807, 2.05) is 19.1 Å². The van der Waals surface area contributed by atoms with Crippen LogP contribution < -0.4 is 11.1 Å². The highest BCUT2D eigenvalue weighted by molar-refractivity contribution is 6.29. The number of amides is 1. The van der Waals surface area contributed by atoms with Crippen LogP contribution in [0.4, 0.5) is 5.69 Å². The number of halogens is 1. The number of anilines is 1. The van der Waals surface area contributed by atoms with Gasteiger partial charge in [0, 0.05) is 5.69 Å². The number of carbonyl (C=O) groups is 1. The van der Waals surface area contributed by atoms with E-state index in [4.69, 9.17) is 21.8 Å². The molecular formula is C13H13ClN2O2. The first-order chi connectivity index (χ1) is 8.56. The number of rotatable bonds is 3. The summed E-state index contributed by atoms with van der Waals surface area (Å²) in [6.07, 6.45) is 0. The van der Waals surface area contributed by atoms with Gasteiger partial charge in [-0.25, -0.2) is 0 Å². The normalized spacial score (nSPS) is 12.1. The van der Waals surface area contributed by atoms with Gasteiger partial charge in [0.05, 0.1) is 6.04 Å². The number of nitrogens with one attached hydrogen (secondary N) is 1. The second kappa shape index (κ2) is 5.14. The largest absolute Gasteiger partial charge is 0.440 e. The Hall–Kier alpha value is -1.94. The lowest BCUT2D eigenvalue weighted by Crippen LogP contribution is -2.26. The fourth-order valence-electron chi connectivity index (χ4n) is 1.57. The predicted molar refractivity (Wildman–Crippen MR) is 70.5 cm³/mol. The summed E-state index contributed by atoms with van der Waals surface area (Å²) in [4.78, 5) is 11.8. The molecule has 0 saturated heterocycles. The van der Waals surface area contributed by atoms with E-state index in [1.54, 1.807) is 12.1 Å². The van der Waals surface area contributed by atoms with Crippen molar-refractivity contribution in [3.05, 3.63) is 52.9 Å². The summed E-state index contributed by atoms with van der Waals surface area (Å²) in [6.45, 7) is 1.88. The molecule has 1 amide bonds. The Kier molecular flexibility index (Phi) is 3.58. The molecule has 0 saturated carbocycles. The Balaban J connectivity index is 2.05. The number of nitrogen functional groups attached to an aromatic ring is 1. The van der Waals surface area contributed by atoms with E-state index in [9.17, 15) is 4.79 Å². The van der Waals surface area contributed by atoms with Crippen LogP contribution in [0.5, 0.6) is 0 Å². The molecule has 1 aromatic heterocycles. The molecule has 0 spiro atoms. The summed E-state index contributed by atoms with van der Waals surface area (Å²) >= 11 is 5.61. The molecule has 1 unspecified atom stereocenters. The van der Waals surface area contributed by atoms with Crippen molar-refractivity contribution in [2.45, 2.75) is 13.0 Å². The smallest absolute Gasteiger partial charge is 0.287 e. The van der Waals surface area contributed by atoms with E-state index >= 15 is 0 Å². The van der Waals surface area contributed by atoms with Gasteiger partial charge < -0.3 is 15.5 Å². The monoisotopic (exact) mass is 264 g/mol. The maximum absolute atomic E-state index is 11.8. The van der Waals surface area contributed by atoms with E-state index < -0.39 is 0 Å². The van der Waals surface area contributed by atoms with Crippen molar-refractivity contribution in [2.24, 2.45) is 0 Å². The Bertz CT molecular complexity index is 548. The molecule has 1 atom stereocenters. The van der Waals surface area contributed by atoms with Crippen molar-refractivity contribution < 1.29 is 9.21 Å². The topological polar surface area (TPSA) is 68.3 Å². The number of benzene rings is 1. The molecule has 1 aromatic carbocycles. The Morgan fingerprint density at radius 3 is 2.50 bits per heavy atom. The van der Waals surface area contributed by atoms with E-state index in [1.165, 1.54) is 12.1 Å². The molecule has 0 radical (unpaired) electrons. The molecular weight excluding hydrogens is 252 g/mol. The Labute approximate surface area is 110 Å². The van der Waals surface area contributed by atoms with E-state index in [0.717, 1.165) is 5.56 Å². The number of furan rings is 1. The lowest BCUT2D eigenvalue weighted by atomic mass is 10.1. The van der Waals surface area contributed by atoms with E-state index in [-0.39, 0.29) is 22.9 Å². The van der Waals surface area contributed by atoms with Gasteiger partial charge in [-0.05, 0) is 48.4 Å². The van der Waals surface area contributed by atoms with Crippen molar-refractivity contribution in [3.8, 4) is 0 Å². The molecule has 3 N–H and O–H groups in total. The van der Waals surface area contributed by atoms with Crippen LogP contribution in [0.15, 0.2) is 40.8 Å². The van der Waals surface area contributed by atoms with Crippen LogP contribution in [0.1, 0.15) is 29.1 Å². The van der Waals surface area contributed by atoms with Crippen LogP contribution in [0.2, 0.25) is 5.22 Å². The highest BCUT2D eigenvalue weighted by Crippen LogP contribution is 2.17. The van der Waals surface area contributed by atoms with Gasteiger partial charge in [0.1, 0.15) is 0 Å². The summed E-state index contributed by atoms with van der Waals surface area (Å²) in [5.41, 5.74) is 7.26. The maximum Gasteiger partial charge on any atom is 0.287 e. The van der Waals surface area contributed by atoms with Gasteiger partial charge in [0.15, 0.2) is 11.0 Å². The molecule has 0 bridgehead atoms. The molecule has 0 aliphatic rings. The number of nitrogens with two attached hydrogens (primary N) is 1. The van der Waals surface area contributed by atoms with Crippen molar-refractivity contribution in [1.29, 1.82) is 0 Å². The Morgan fingerprint density at radius 2 is 1.94 bits per heavy atom. The lowest BCUT2D eigenvalue weighted by Gasteiger charge is -2.13.